The van der Waals surface area contributed by atoms with Crippen LogP contribution in [0, 0.1) is 5.92 Å². The highest BCUT2D eigenvalue weighted by atomic mass is 32.2. The van der Waals surface area contributed by atoms with Crippen LogP contribution in [0.2, 0.25) is 0 Å². The molecule has 178 valence electrons. The number of nitrogens with one attached hydrogen (secondary N) is 1. The number of amides is 2. The highest BCUT2D eigenvalue weighted by molar-refractivity contribution is 7.90. The minimum atomic E-state index is -3.66. The number of ether oxygens (including phenoxy) is 3. The Morgan fingerprint density at radius 3 is 1.90 bits per heavy atom. The van der Waals surface area contributed by atoms with E-state index in [-0.39, 0.29) is 6.42 Å². The molecule has 1 N–H and O–H groups in total. The molecule has 3 fully saturated rings. The Morgan fingerprint density at radius 2 is 1.55 bits per heavy atom. The van der Waals surface area contributed by atoms with Gasteiger partial charge in [-0.3, -0.25) is 0 Å². The summed E-state index contributed by atoms with van der Waals surface area (Å²) in [6.07, 6.45) is -6.62. The van der Waals surface area contributed by atoms with E-state index in [4.69, 9.17) is 14.2 Å². The van der Waals surface area contributed by atoms with Gasteiger partial charge in [-0.25, -0.2) is 31.7 Å². The average molecular weight is 469 g/mol. The zero-order chi connectivity index (χ0) is 23.6. The summed E-state index contributed by atoms with van der Waals surface area (Å²) in [5.41, 5.74) is -3.79. The largest absolute Gasteiger partial charge is 0.443 e. The van der Waals surface area contributed by atoms with E-state index in [0.29, 0.717) is 17.7 Å². The molecule has 2 saturated carbocycles. The predicted molar refractivity (Wildman–Crippen MR) is 105 cm³/mol. The van der Waals surface area contributed by atoms with Gasteiger partial charge in [-0.15, -0.1) is 0 Å². The predicted octanol–water partition coefficient (Wildman–Crippen LogP) is 2.99. The first-order chi connectivity index (χ1) is 14.0. The van der Waals surface area contributed by atoms with Crippen LogP contribution >= 0.6 is 0 Å². The molecule has 3 rings (SSSR count). The van der Waals surface area contributed by atoms with Crippen LogP contribution in [-0.2, 0) is 24.2 Å². The number of nitrogens with zero attached hydrogens (tertiary/aromatic N) is 1. The molecule has 1 heterocycles. The van der Waals surface area contributed by atoms with Crippen molar-refractivity contribution in [3.05, 3.63) is 0 Å². The van der Waals surface area contributed by atoms with E-state index < -0.39 is 68.9 Å². The van der Waals surface area contributed by atoms with Crippen LogP contribution in [0.3, 0.4) is 0 Å². The zero-order valence-electron chi connectivity index (χ0n) is 18.5. The van der Waals surface area contributed by atoms with E-state index >= 15 is 0 Å². The molecular formula is C19H30F2N2O7S. The van der Waals surface area contributed by atoms with Crippen molar-refractivity contribution in [3.8, 4) is 0 Å². The zero-order valence-corrected chi connectivity index (χ0v) is 19.3. The molecule has 0 aromatic carbocycles. The minimum absolute atomic E-state index is 0.254. The minimum Gasteiger partial charge on any atom is -0.443 e. The Morgan fingerprint density at radius 1 is 1.06 bits per heavy atom. The van der Waals surface area contributed by atoms with Gasteiger partial charge in [0.05, 0.1) is 10.8 Å². The number of imide groups is 1. The third-order valence-electron chi connectivity index (χ3n) is 5.13. The lowest BCUT2D eigenvalue weighted by molar-refractivity contribution is -0.0204. The molecule has 0 bridgehead atoms. The van der Waals surface area contributed by atoms with Gasteiger partial charge < -0.3 is 14.2 Å². The smallest absolute Gasteiger partial charge is 0.420 e. The third-order valence-corrected chi connectivity index (χ3v) is 7.04. The fourth-order valence-electron chi connectivity index (χ4n) is 3.56. The first kappa shape index (κ1) is 24.1. The van der Waals surface area contributed by atoms with Crippen molar-refractivity contribution in [2.75, 3.05) is 0 Å². The number of sulfonamides is 1. The first-order valence-corrected chi connectivity index (χ1v) is 11.7. The summed E-state index contributed by atoms with van der Waals surface area (Å²) in [7, 11) is -3.66. The maximum atomic E-state index is 13.7. The van der Waals surface area contributed by atoms with Crippen LogP contribution in [0.15, 0.2) is 0 Å². The number of carbonyl (C=O) groups excluding carboxylic acids is 2. The number of alkyl halides is 2. The summed E-state index contributed by atoms with van der Waals surface area (Å²) in [5, 5.41) is -0.536. The molecule has 0 spiro atoms. The molecule has 1 unspecified atom stereocenters. The van der Waals surface area contributed by atoms with Crippen LogP contribution in [-0.4, -0.2) is 66.3 Å². The van der Waals surface area contributed by atoms with Crippen molar-refractivity contribution in [1.82, 2.24) is 9.62 Å². The van der Waals surface area contributed by atoms with Crippen molar-refractivity contribution < 1.29 is 41.0 Å². The van der Waals surface area contributed by atoms with Gasteiger partial charge in [0, 0.05) is 5.92 Å². The SMILES string of the molecule is CC(C)(C)OC(=O)N(C(=O)OC(C)(C)C)[C@]1(C2O[C@H]2NS(=O)(=O)C2CC2)C[C@H]1C(F)F. The molecule has 0 radical (unpaired) electrons. The molecule has 2 aliphatic carbocycles. The average Bonchev–Trinajstić information content (AvgIpc) is 3.35. The van der Waals surface area contributed by atoms with E-state index in [1.54, 1.807) is 41.5 Å². The third kappa shape index (κ3) is 5.28. The molecule has 1 aliphatic heterocycles. The van der Waals surface area contributed by atoms with Gasteiger partial charge in [-0.1, -0.05) is 0 Å². The Hall–Kier alpha value is -1.53. The molecular weight excluding hydrogens is 438 g/mol. The molecule has 0 aromatic heterocycles. The molecule has 4 atom stereocenters. The van der Waals surface area contributed by atoms with Gasteiger partial charge in [-0.05, 0) is 60.8 Å². The highest BCUT2D eigenvalue weighted by Gasteiger charge is 2.77. The Bertz CT molecular complexity index is 820. The van der Waals surface area contributed by atoms with Crippen LogP contribution in [0.5, 0.6) is 0 Å². The maximum Gasteiger partial charge on any atom is 0.420 e. The van der Waals surface area contributed by atoms with Crippen LogP contribution < -0.4 is 4.72 Å². The molecule has 3 aliphatic rings. The van der Waals surface area contributed by atoms with E-state index in [1.807, 2.05) is 0 Å². The maximum absolute atomic E-state index is 13.7. The Balaban J connectivity index is 1.90. The lowest BCUT2D eigenvalue weighted by Gasteiger charge is -2.33. The molecule has 1 saturated heterocycles. The van der Waals surface area contributed by atoms with Gasteiger partial charge in [0.1, 0.15) is 23.5 Å². The van der Waals surface area contributed by atoms with Gasteiger partial charge in [-0.2, -0.15) is 4.72 Å². The van der Waals surface area contributed by atoms with Gasteiger partial charge in [0.15, 0.2) is 0 Å². The number of epoxide rings is 1. The van der Waals surface area contributed by atoms with Crippen molar-refractivity contribution in [1.29, 1.82) is 0 Å². The lowest BCUT2D eigenvalue weighted by atomic mass is 10.1. The molecule has 2 amide bonds. The van der Waals surface area contributed by atoms with E-state index in [9.17, 15) is 26.8 Å². The van der Waals surface area contributed by atoms with Crippen molar-refractivity contribution in [3.63, 3.8) is 0 Å². The monoisotopic (exact) mass is 468 g/mol. The second-order valence-electron chi connectivity index (χ2n) is 10.3. The number of halogens is 2. The lowest BCUT2D eigenvalue weighted by Crippen LogP contribution is -2.55. The standard InChI is InChI=1S/C19H30F2N2O7S/c1-17(2,3)29-15(24)23(16(25)30-18(4,5)6)19(9-11(19)13(20)21)12-14(28-12)22-31(26,27)10-7-8-10/h10-14,22H,7-9H2,1-6H3/t11-,12?,14+,19+/m0/s1. The summed E-state index contributed by atoms with van der Waals surface area (Å²) in [4.78, 5) is 26.4. The Labute approximate surface area is 180 Å². The summed E-state index contributed by atoms with van der Waals surface area (Å²) in [6.45, 7) is 9.43. The van der Waals surface area contributed by atoms with E-state index in [0.717, 1.165) is 0 Å². The van der Waals surface area contributed by atoms with Crippen molar-refractivity contribution in [2.24, 2.45) is 5.92 Å². The molecule has 31 heavy (non-hydrogen) atoms. The molecule has 12 heteroatoms. The fourth-order valence-corrected chi connectivity index (χ4v) is 5.01. The van der Waals surface area contributed by atoms with Crippen molar-refractivity contribution in [2.45, 2.75) is 102 Å². The number of rotatable bonds is 6. The van der Waals surface area contributed by atoms with Crippen molar-refractivity contribution >= 4 is 22.2 Å². The number of carbonyl (C=O) groups is 2. The molecule has 9 nitrogen and oxygen atoms in total. The van der Waals surface area contributed by atoms with Gasteiger partial charge >= 0.3 is 12.2 Å². The topological polar surface area (TPSA) is 115 Å². The Kier molecular flexibility index (Phi) is 5.85. The van der Waals surface area contributed by atoms with Crippen LogP contribution in [0.1, 0.15) is 60.8 Å². The summed E-state index contributed by atoms with van der Waals surface area (Å²) in [6, 6.07) is 0. The summed E-state index contributed by atoms with van der Waals surface area (Å²) >= 11 is 0. The van der Waals surface area contributed by atoms with Crippen LogP contribution in [0.4, 0.5) is 18.4 Å². The highest BCUT2D eigenvalue weighted by Crippen LogP contribution is 2.60. The fraction of sp³-hybridized carbons (Fsp3) is 0.895. The quantitative estimate of drug-likeness (QED) is 0.596. The van der Waals surface area contributed by atoms with E-state index in [1.165, 1.54) is 0 Å². The number of hydrogen-bond acceptors (Lipinski definition) is 7. The second-order valence-corrected chi connectivity index (χ2v) is 12.3. The second kappa shape index (κ2) is 7.51. The van der Waals surface area contributed by atoms with Gasteiger partial charge in [0.2, 0.25) is 16.4 Å². The summed E-state index contributed by atoms with van der Waals surface area (Å²) in [5.74, 6) is -1.40. The van der Waals surface area contributed by atoms with Gasteiger partial charge in [0.25, 0.3) is 0 Å². The van der Waals surface area contributed by atoms with Crippen LogP contribution in [0.25, 0.3) is 0 Å². The first-order valence-electron chi connectivity index (χ1n) is 10.2. The molecule has 0 aromatic rings. The normalized spacial score (nSPS) is 30.7. The number of hydrogen-bond donors (Lipinski definition) is 1. The summed E-state index contributed by atoms with van der Waals surface area (Å²) < 4.78 is 70.3. The van der Waals surface area contributed by atoms with E-state index in [2.05, 4.69) is 4.72 Å².